The second kappa shape index (κ2) is 8.56. The molecule has 1 atom stereocenters. The maximum absolute atomic E-state index is 12.4. The Morgan fingerprint density at radius 2 is 1.86 bits per heavy atom. The quantitative estimate of drug-likeness (QED) is 0.529. The van der Waals surface area contributed by atoms with Crippen LogP contribution in [0.3, 0.4) is 0 Å². The minimum atomic E-state index is -3.68. The predicted molar refractivity (Wildman–Crippen MR) is 110 cm³/mol. The molecule has 2 aromatic heterocycles. The number of carbonyl (C=O) groups is 1. The van der Waals surface area contributed by atoms with Crippen LogP contribution in [0.1, 0.15) is 22.8 Å². The lowest BCUT2D eigenvalue weighted by atomic mass is 10.2. The Balaban J connectivity index is 1.68. The zero-order chi connectivity index (χ0) is 21.0. The molecule has 3 rings (SSSR count). The molecule has 152 valence electrons. The molecule has 0 saturated carbocycles. The molecule has 0 radical (unpaired) electrons. The number of aromatic nitrogens is 1. The van der Waals surface area contributed by atoms with Crippen molar-refractivity contribution >= 4 is 21.4 Å². The molecule has 0 aliphatic heterocycles. The third-order valence-electron chi connectivity index (χ3n) is 4.34. The molecule has 1 amide bonds. The van der Waals surface area contributed by atoms with E-state index in [0.717, 1.165) is 5.56 Å². The van der Waals surface area contributed by atoms with Crippen LogP contribution in [0.4, 0.5) is 0 Å². The molecule has 0 fully saturated rings. The first kappa shape index (κ1) is 20.7. The number of amides is 1. The summed E-state index contributed by atoms with van der Waals surface area (Å²) in [6, 6.07) is 13.8. The van der Waals surface area contributed by atoms with Crippen LogP contribution in [0.25, 0.3) is 5.52 Å². The van der Waals surface area contributed by atoms with Crippen molar-refractivity contribution in [2.75, 3.05) is 6.54 Å². The molecule has 29 heavy (non-hydrogen) atoms. The molecule has 0 bridgehead atoms. The van der Waals surface area contributed by atoms with Gasteiger partial charge in [0.25, 0.3) is 11.5 Å². The second-order valence-corrected chi connectivity index (χ2v) is 8.38. The Kier molecular flexibility index (Phi) is 6.12. The standard InChI is InChI=1S/C20H22N4O4S/c1-14(23-29(27,28)18-5-3-2-4-6-18)12-22-20(26)16-9-17-8-7-15(11-21)13-24(17)19(25)10-16/h2-10,13-14,23H,11-12,21H2,1H3,(H,22,26)/t14-/m1/s1. The predicted octanol–water partition coefficient (Wildman–Crippen LogP) is 0.855. The van der Waals surface area contributed by atoms with Gasteiger partial charge >= 0.3 is 0 Å². The van der Waals surface area contributed by atoms with Gasteiger partial charge in [-0.3, -0.25) is 14.0 Å². The lowest BCUT2D eigenvalue weighted by molar-refractivity contribution is 0.0951. The molecule has 0 saturated heterocycles. The minimum Gasteiger partial charge on any atom is -0.350 e. The van der Waals surface area contributed by atoms with Gasteiger partial charge in [0.1, 0.15) is 0 Å². The number of nitrogens with one attached hydrogen (secondary N) is 2. The number of carbonyl (C=O) groups excluding carboxylic acids is 1. The lowest BCUT2D eigenvalue weighted by Crippen LogP contribution is -2.41. The van der Waals surface area contributed by atoms with Crippen LogP contribution in [0.5, 0.6) is 0 Å². The molecular formula is C20H22N4O4S. The van der Waals surface area contributed by atoms with E-state index in [1.165, 1.54) is 22.6 Å². The Bertz CT molecular complexity index is 1190. The van der Waals surface area contributed by atoms with E-state index in [1.54, 1.807) is 49.5 Å². The maximum atomic E-state index is 12.4. The summed E-state index contributed by atoms with van der Waals surface area (Å²) < 4.78 is 28.6. The molecule has 4 N–H and O–H groups in total. The summed E-state index contributed by atoms with van der Waals surface area (Å²) in [7, 11) is -3.68. The van der Waals surface area contributed by atoms with E-state index < -0.39 is 22.0 Å². The van der Waals surface area contributed by atoms with Gasteiger partial charge < -0.3 is 11.1 Å². The number of hydrogen-bond donors (Lipinski definition) is 3. The zero-order valence-corrected chi connectivity index (χ0v) is 16.6. The largest absolute Gasteiger partial charge is 0.350 e. The van der Waals surface area contributed by atoms with Gasteiger partial charge in [0, 0.05) is 42.5 Å². The van der Waals surface area contributed by atoms with Crippen molar-refractivity contribution in [2.45, 2.75) is 24.4 Å². The van der Waals surface area contributed by atoms with Gasteiger partial charge in [-0.25, -0.2) is 13.1 Å². The Hall–Kier alpha value is -3.01. The molecule has 0 aliphatic carbocycles. The van der Waals surface area contributed by atoms with Crippen LogP contribution in [0.15, 0.2) is 70.5 Å². The number of nitrogens with zero attached hydrogens (tertiary/aromatic N) is 1. The summed E-state index contributed by atoms with van der Waals surface area (Å²) in [5.41, 5.74) is 6.81. The van der Waals surface area contributed by atoms with Crippen molar-refractivity contribution in [3.05, 3.63) is 82.3 Å². The highest BCUT2D eigenvalue weighted by atomic mass is 32.2. The zero-order valence-electron chi connectivity index (χ0n) is 15.8. The number of pyridine rings is 2. The van der Waals surface area contributed by atoms with Crippen molar-refractivity contribution in [1.82, 2.24) is 14.4 Å². The van der Waals surface area contributed by atoms with E-state index >= 15 is 0 Å². The SMILES string of the molecule is C[C@H](CNC(=O)c1cc(=O)n2cc(CN)ccc2c1)NS(=O)(=O)c1ccccc1. The molecule has 0 unspecified atom stereocenters. The van der Waals surface area contributed by atoms with Crippen LogP contribution in [-0.4, -0.2) is 31.3 Å². The van der Waals surface area contributed by atoms with Crippen LogP contribution < -0.4 is 21.3 Å². The fraction of sp³-hybridized carbons (Fsp3) is 0.200. The smallest absolute Gasteiger partial charge is 0.255 e. The van der Waals surface area contributed by atoms with E-state index in [2.05, 4.69) is 10.0 Å². The van der Waals surface area contributed by atoms with E-state index in [0.29, 0.717) is 12.1 Å². The molecule has 9 heteroatoms. The summed E-state index contributed by atoms with van der Waals surface area (Å²) in [5, 5.41) is 2.65. The van der Waals surface area contributed by atoms with Crippen molar-refractivity contribution in [3.63, 3.8) is 0 Å². The fourth-order valence-electron chi connectivity index (χ4n) is 2.84. The van der Waals surface area contributed by atoms with Crippen LogP contribution in [-0.2, 0) is 16.6 Å². The van der Waals surface area contributed by atoms with Gasteiger partial charge in [-0.05, 0) is 36.8 Å². The number of sulfonamides is 1. The summed E-state index contributed by atoms with van der Waals surface area (Å²) in [6.07, 6.45) is 1.64. The molecular weight excluding hydrogens is 392 g/mol. The lowest BCUT2D eigenvalue weighted by Gasteiger charge is -2.15. The Morgan fingerprint density at radius 1 is 1.14 bits per heavy atom. The number of nitrogens with two attached hydrogens (primary N) is 1. The van der Waals surface area contributed by atoms with Gasteiger partial charge in [0.2, 0.25) is 10.0 Å². The first-order valence-corrected chi connectivity index (χ1v) is 10.5. The maximum Gasteiger partial charge on any atom is 0.255 e. The highest BCUT2D eigenvalue weighted by molar-refractivity contribution is 7.89. The van der Waals surface area contributed by atoms with Crippen molar-refractivity contribution in [2.24, 2.45) is 5.73 Å². The summed E-state index contributed by atoms with van der Waals surface area (Å²) in [5.74, 6) is -0.460. The van der Waals surface area contributed by atoms with E-state index in [1.807, 2.05) is 0 Å². The average molecular weight is 414 g/mol. The Labute approximate surface area is 168 Å². The average Bonchev–Trinajstić information content (AvgIpc) is 2.72. The first-order chi connectivity index (χ1) is 13.8. The number of benzene rings is 1. The van der Waals surface area contributed by atoms with Crippen molar-refractivity contribution in [3.8, 4) is 0 Å². The highest BCUT2D eigenvalue weighted by Gasteiger charge is 2.18. The molecule has 0 spiro atoms. The van der Waals surface area contributed by atoms with Gasteiger partial charge in [-0.15, -0.1) is 0 Å². The van der Waals surface area contributed by atoms with Crippen LogP contribution in [0, 0.1) is 0 Å². The second-order valence-electron chi connectivity index (χ2n) is 6.66. The number of rotatable bonds is 7. The Morgan fingerprint density at radius 3 is 2.55 bits per heavy atom. The summed E-state index contributed by atoms with van der Waals surface area (Å²) in [6.45, 7) is 2.02. The molecule has 0 aliphatic rings. The number of hydrogen-bond acceptors (Lipinski definition) is 5. The van der Waals surface area contributed by atoms with E-state index in [4.69, 9.17) is 5.73 Å². The first-order valence-electron chi connectivity index (χ1n) is 9.01. The van der Waals surface area contributed by atoms with Crippen molar-refractivity contribution < 1.29 is 13.2 Å². The highest BCUT2D eigenvalue weighted by Crippen LogP contribution is 2.09. The monoisotopic (exact) mass is 414 g/mol. The fourth-order valence-corrected chi connectivity index (χ4v) is 4.11. The molecule has 3 aromatic rings. The third-order valence-corrected chi connectivity index (χ3v) is 5.94. The third kappa shape index (κ3) is 4.89. The van der Waals surface area contributed by atoms with Gasteiger partial charge in [-0.1, -0.05) is 24.3 Å². The summed E-state index contributed by atoms with van der Waals surface area (Å²) in [4.78, 5) is 24.9. The van der Waals surface area contributed by atoms with E-state index in [-0.39, 0.29) is 22.6 Å². The topological polar surface area (TPSA) is 123 Å². The molecule has 8 nitrogen and oxygen atoms in total. The minimum absolute atomic E-state index is 0.0659. The van der Waals surface area contributed by atoms with Gasteiger partial charge in [-0.2, -0.15) is 0 Å². The van der Waals surface area contributed by atoms with Crippen LogP contribution in [0.2, 0.25) is 0 Å². The van der Waals surface area contributed by atoms with E-state index in [9.17, 15) is 18.0 Å². The van der Waals surface area contributed by atoms with Gasteiger partial charge in [0.05, 0.1) is 4.90 Å². The molecule has 1 aromatic carbocycles. The molecule has 2 heterocycles. The number of fused-ring (bicyclic) bond motifs is 1. The van der Waals surface area contributed by atoms with Crippen molar-refractivity contribution in [1.29, 1.82) is 0 Å². The summed E-state index contributed by atoms with van der Waals surface area (Å²) >= 11 is 0. The normalized spacial score (nSPS) is 12.6. The van der Waals surface area contributed by atoms with Crippen LogP contribution >= 0.6 is 0 Å². The van der Waals surface area contributed by atoms with Gasteiger partial charge in [0.15, 0.2) is 0 Å².